The van der Waals surface area contributed by atoms with Crippen LogP contribution < -0.4 is 10.4 Å². The molecule has 0 unspecified atom stereocenters. The molecule has 0 bridgehead atoms. The van der Waals surface area contributed by atoms with Crippen LogP contribution >= 0.6 is 0 Å². The monoisotopic (exact) mass is 240 g/mol. The highest BCUT2D eigenvalue weighted by atomic mass is 16.5. The van der Waals surface area contributed by atoms with Gasteiger partial charge in [0.15, 0.2) is 0 Å². The van der Waals surface area contributed by atoms with E-state index in [-0.39, 0.29) is 5.76 Å². The van der Waals surface area contributed by atoms with Crippen molar-refractivity contribution in [2.24, 2.45) is 0 Å². The number of hydrogen-bond donors (Lipinski definition) is 1. The predicted octanol–water partition coefficient (Wildman–Crippen LogP) is 2.65. The molecule has 1 N–H and O–H groups in total. The third-order valence-electron chi connectivity index (χ3n) is 2.66. The number of hydrogen-bond acceptors (Lipinski definition) is 4. The van der Waals surface area contributed by atoms with Crippen molar-refractivity contribution >= 4 is 0 Å². The van der Waals surface area contributed by atoms with Gasteiger partial charge in [0.05, 0.1) is 13.2 Å². The highest BCUT2D eigenvalue weighted by Crippen LogP contribution is 2.21. The number of aliphatic hydroxyl groups is 1. The van der Waals surface area contributed by atoms with Crippen LogP contribution in [0.15, 0.2) is 21.3 Å². The van der Waals surface area contributed by atoms with Crippen molar-refractivity contribution in [3.8, 4) is 5.75 Å². The molecule has 17 heavy (non-hydrogen) atoms. The minimum atomic E-state index is -0.727. The fraction of sp³-hybridized carbons (Fsp3) is 0.615. The van der Waals surface area contributed by atoms with E-state index in [0.717, 1.165) is 25.7 Å². The molecule has 0 aliphatic heterocycles. The molecule has 0 fully saturated rings. The minimum absolute atomic E-state index is 0.283. The Labute approximate surface area is 101 Å². The van der Waals surface area contributed by atoms with Crippen molar-refractivity contribution in [1.82, 2.24) is 0 Å². The molecule has 0 saturated carbocycles. The van der Waals surface area contributed by atoms with E-state index in [1.54, 1.807) is 6.07 Å². The van der Waals surface area contributed by atoms with Gasteiger partial charge in [-0.25, -0.2) is 4.79 Å². The van der Waals surface area contributed by atoms with Crippen molar-refractivity contribution in [2.75, 3.05) is 7.11 Å². The van der Waals surface area contributed by atoms with Gasteiger partial charge in [-0.05, 0) is 6.42 Å². The molecular weight excluding hydrogens is 220 g/mol. The molecule has 0 aliphatic carbocycles. The van der Waals surface area contributed by atoms with Crippen LogP contribution in [0.4, 0.5) is 0 Å². The third-order valence-corrected chi connectivity index (χ3v) is 2.66. The zero-order valence-corrected chi connectivity index (χ0v) is 10.4. The molecular formula is C13H20O4. The van der Waals surface area contributed by atoms with Gasteiger partial charge in [-0.3, -0.25) is 0 Å². The summed E-state index contributed by atoms with van der Waals surface area (Å²) in [5.74, 6) is 0.703. The first-order valence-corrected chi connectivity index (χ1v) is 6.04. The molecule has 0 radical (unpaired) electrons. The van der Waals surface area contributed by atoms with E-state index >= 15 is 0 Å². The Kier molecular flexibility index (Phi) is 5.77. The average molecular weight is 240 g/mol. The van der Waals surface area contributed by atoms with Gasteiger partial charge in [-0.15, -0.1) is 0 Å². The molecule has 1 aromatic rings. The lowest BCUT2D eigenvalue weighted by Crippen LogP contribution is -2.05. The molecule has 0 spiro atoms. The topological polar surface area (TPSA) is 59.7 Å². The number of rotatable bonds is 7. The Morgan fingerprint density at radius 3 is 2.76 bits per heavy atom. The summed E-state index contributed by atoms with van der Waals surface area (Å²) in [6, 6.07) is 2.82. The van der Waals surface area contributed by atoms with Crippen LogP contribution in [0.2, 0.25) is 0 Å². The summed E-state index contributed by atoms with van der Waals surface area (Å²) in [6.45, 7) is 2.14. The molecule has 0 amide bonds. The van der Waals surface area contributed by atoms with E-state index in [1.165, 1.54) is 13.2 Å². The highest BCUT2D eigenvalue weighted by Gasteiger charge is 2.12. The second-order valence-corrected chi connectivity index (χ2v) is 4.08. The first-order valence-electron chi connectivity index (χ1n) is 6.04. The summed E-state index contributed by atoms with van der Waals surface area (Å²) >= 11 is 0. The molecule has 1 atom stereocenters. The molecule has 1 aromatic heterocycles. The van der Waals surface area contributed by atoms with Crippen molar-refractivity contribution < 1.29 is 14.3 Å². The number of unbranched alkanes of at least 4 members (excludes halogenated alkanes) is 3. The number of methoxy groups -OCH3 is 1. The zero-order valence-electron chi connectivity index (χ0n) is 10.4. The van der Waals surface area contributed by atoms with E-state index < -0.39 is 11.7 Å². The van der Waals surface area contributed by atoms with E-state index in [9.17, 15) is 9.90 Å². The smallest absolute Gasteiger partial charge is 0.339 e. The fourth-order valence-electron chi connectivity index (χ4n) is 1.66. The van der Waals surface area contributed by atoms with Gasteiger partial charge in [-0.2, -0.15) is 0 Å². The maximum absolute atomic E-state index is 11.2. The minimum Gasteiger partial charge on any atom is -0.496 e. The van der Waals surface area contributed by atoms with Crippen molar-refractivity contribution in [3.05, 3.63) is 28.3 Å². The Morgan fingerprint density at radius 2 is 2.12 bits per heavy atom. The van der Waals surface area contributed by atoms with Gasteiger partial charge in [0, 0.05) is 6.07 Å². The average Bonchev–Trinajstić information content (AvgIpc) is 2.33. The van der Waals surface area contributed by atoms with Crippen molar-refractivity contribution in [1.29, 1.82) is 0 Å². The molecule has 0 saturated heterocycles. The SMILES string of the molecule is CCCCCC[C@@H](O)c1cc(OC)cc(=O)o1. The third kappa shape index (κ3) is 4.61. The van der Waals surface area contributed by atoms with Crippen LogP contribution in [-0.2, 0) is 0 Å². The van der Waals surface area contributed by atoms with Gasteiger partial charge in [0.2, 0.25) is 0 Å². The first kappa shape index (κ1) is 13.8. The van der Waals surface area contributed by atoms with E-state index in [4.69, 9.17) is 9.15 Å². The second kappa shape index (κ2) is 7.12. The quantitative estimate of drug-likeness (QED) is 0.744. The molecule has 0 aliphatic rings. The van der Waals surface area contributed by atoms with Gasteiger partial charge >= 0.3 is 5.63 Å². The summed E-state index contributed by atoms with van der Waals surface area (Å²) in [7, 11) is 1.48. The molecule has 4 heteroatoms. The van der Waals surface area contributed by atoms with Gasteiger partial charge < -0.3 is 14.3 Å². The van der Waals surface area contributed by atoms with Crippen LogP contribution in [0.5, 0.6) is 5.75 Å². The van der Waals surface area contributed by atoms with Crippen molar-refractivity contribution in [3.63, 3.8) is 0 Å². The lowest BCUT2D eigenvalue weighted by molar-refractivity contribution is 0.131. The van der Waals surface area contributed by atoms with Gasteiger partial charge in [0.25, 0.3) is 0 Å². The predicted molar refractivity (Wildman–Crippen MR) is 65.2 cm³/mol. The van der Waals surface area contributed by atoms with Crippen LogP contribution in [0.3, 0.4) is 0 Å². The van der Waals surface area contributed by atoms with Gasteiger partial charge in [0.1, 0.15) is 17.6 Å². The van der Waals surface area contributed by atoms with E-state index in [0.29, 0.717) is 12.2 Å². The summed E-state index contributed by atoms with van der Waals surface area (Å²) < 4.78 is 9.91. The Bertz CT molecular complexity index is 383. The number of aliphatic hydroxyl groups excluding tert-OH is 1. The largest absolute Gasteiger partial charge is 0.496 e. The first-order chi connectivity index (χ1) is 8.17. The second-order valence-electron chi connectivity index (χ2n) is 4.08. The number of ether oxygens (including phenoxy) is 1. The van der Waals surface area contributed by atoms with Crippen LogP contribution in [-0.4, -0.2) is 12.2 Å². The lowest BCUT2D eigenvalue weighted by atomic mass is 10.1. The molecule has 1 heterocycles. The zero-order chi connectivity index (χ0) is 12.7. The Morgan fingerprint density at radius 1 is 1.35 bits per heavy atom. The summed E-state index contributed by atoms with van der Waals surface area (Å²) in [5, 5.41) is 9.88. The van der Waals surface area contributed by atoms with Crippen LogP contribution in [0, 0.1) is 0 Å². The molecule has 1 rings (SSSR count). The van der Waals surface area contributed by atoms with Crippen LogP contribution in [0.25, 0.3) is 0 Å². The summed E-state index contributed by atoms with van der Waals surface area (Å²) in [6.07, 6.45) is 4.21. The molecule has 96 valence electrons. The molecule has 0 aromatic carbocycles. The van der Waals surface area contributed by atoms with Gasteiger partial charge in [-0.1, -0.05) is 32.6 Å². The van der Waals surface area contributed by atoms with E-state index in [1.807, 2.05) is 0 Å². The molecule has 4 nitrogen and oxygen atoms in total. The summed E-state index contributed by atoms with van der Waals surface area (Å²) in [4.78, 5) is 11.2. The maximum atomic E-state index is 11.2. The summed E-state index contributed by atoms with van der Waals surface area (Å²) in [5.41, 5.74) is -0.494. The normalized spacial score (nSPS) is 12.4. The standard InChI is InChI=1S/C13H20O4/c1-3-4-5-6-7-11(14)12-8-10(16-2)9-13(15)17-12/h8-9,11,14H,3-7H2,1-2H3/t11-/m1/s1. The lowest BCUT2D eigenvalue weighted by Gasteiger charge is -2.09. The fourth-order valence-corrected chi connectivity index (χ4v) is 1.66. The Hall–Kier alpha value is -1.29. The Balaban J connectivity index is 2.58. The van der Waals surface area contributed by atoms with Crippen LogP contribution in [0.1, 0.15) is 50.9 Å². The van der Waals surface area contributed by atoms with Crippen molar-refractivity contribution in [2.45, 2.75) is 45.1 Å². The van der Waals surface area contributed by atoms with E-state index in [2.05, 4.69) is 6.92 Å². The maximum Gasteiger partial charge on any atom is 0.339 e. The highest BCUT2D eigenvalue weighted by molar-refractivity contribution is 5.21.